The first kappa shape index (κ1) is 21.9. The van der Waals surface area contributed by atoms with Gasteiger partial charge in [-0.15, -0.1) is 0 Å². The molecule has 162 valence electrons. The summed E-state index contributed by atoms with van der Waals surface area (Å²) in [5, 5.41) is 0. The highest BCUT2D eigenvalue weighted by Gasteiger charge is 2.40. The molecule has 0 unspecified atom stereocenters. The molecule has 0 radical (unpaired) electrons. The van der Waals surface area contributed by atoms with Gasteiger partial charge >= 0.3 is 6.09 Å². The fraction of sp³-hybridized carbons (Fsp3) is 0.522. The van der Waals surface area contributed by atoms with E-state index in [1.165, 1.54) is 4.90 Å². The molecule has 0 spiro atoms. The van der Waals surface area contributed by atoms with E-state index in [1.54, 1.807) is 18.9 Å². The Morgan fingerprint density at radius 1 is 1.33 bits per heavy atom. The molecule has 0 aliphatic carbocycles. The number of rotatable bonds is 5. The summed E-state index contributed by atoms with van der Waals surface area (Å²) < 4.78 is 5.44. The van der Waals surface area contributed by atoms with E-state index < -0.39 is 17.7 Å². The van der Waals surface area contributed by atoms with Crippen LogP contribution in [0, 0.1) is 0 Å². The summed E-state index contributed by atoms with van der Waals surface area (Å²) in [6.45, 7) is 9.28. The first-order chi connectivity index (χ1) is 14.1. The van der Waals surface area contributed by atoms with E-state index in [4.69, 9.17) is 4.74 Å². The summed E-state index contributed by atoms with van der Waals surface area (Å²) in [5.41, 5.74) is 2.40. The van der Waals surface area contributed by atoms with Crippen LogP contribution in [0.15, 0.2) is 30.5 Å². The van der Waals surface area contributed by atoms with Gasteiger partial charge in [0.15, 0.2) is 0 Å². The van der Waals surface area contributed by atoms with Crippen LogP contribution in [0.3, 0.4) is 0 Å². The number of imidazole rings is 1. The number of nitrogens with zero attached hydrogens (tertiary/aromatic N) is 3. The number of para-hydroxylation sites is 1. The first-order valence-corrected chi connectivity index (χ1v) is 10.5. The van der Waals surface area contributed by atoms with Crippen molar-refractivity contribution in [2.45, 2.75) is 71.6 Å². The van der Waals surface area contributed by atoms with E-state index in [-0.39, 0.29) is 11.9 Å². The number of nitrogens with one attached hydrogen (secondary N) is 1. The van der Waals surface area contributed by atoms with Crippen molar-refractivity contribution in [2.75, 3.05) is 11.9 Å². The van der Waals surface area contributed by atoms with Gasteiger partial charge in [-0.2, -0.15) is 0 Å². The number of H-pyrrole nitrogens is 1. The molecule has 1 aliphatic rings. The Bertz CT molecular complexity index is 915. The summed E-state index contributed by atoms with van der Waals surface area (Å²) in [7, 11) is 1.60. The van der Waals surface area contributed by atoms with Crippen LogP contribution >= 0.6 is 0 Å². The smallest absolute Gasteiger partial charge is 0.410 e. The van der Waals surface area contributed by atoms with E-state index in [0.29, 0.717) is 6.42 Å². The van der Waals surface area contributed by atoms with Crippen molar-refractivity contribution in [3.63, 3.8) is 0 Å². The summed E-state index contributed by atoms with van der Waals surface area (Å²) >= 11 is 0. The third-order valence-electron chi connectivity index (χ3n) is 5.32. The number of ether oxygens (including phenoxy) is 1. The second-order valence-electron chi connectivity index (χ2n) is 8.87. The number of hydrogen-bond donors (Lipinski definition) is 1. The summed E-state index contributed by atoms with van der Waals surface area (Å²) in [5.74, 6) is 0.613. The van der Waals surface area contributed by atoms with Crippen LogP contribution < -0.4 is 4.90 Å². The molecule has 7 heteroatoms. The van der Waals surface area contributed by atoms with Crippen LogP contribution in [0.25, 0.3) is 0 Å². The van der Waals surface area contributed by atoms with Gasteiger partial charge in [-0.05, 0) is 45.7 Å². The fourth-order valence-electron chi connectivity index (χ4n) is 3.68. The van der Waals surface area contributed by atoms with Crippen molar-refractivity contribution in [1.29, 1.82) is 0 Å². The maximum atomic E-state index is 13.6. The molecular weight excluding hydrogens is 380 g/mol. The molecular formula is C23H32N4O3. The Labute approximate surface area is 178 Å². The van der Waals surface area contributed by atoms with Crippen LogP contribution in [0.4, 0.5) is 10.5 Å². The van der Waals surface area contributed by atoms with E-state index >= 15 is 0 Å². The quantitative estimate of drug-likeness (QED) is 0.796. The maximum Gasteiger partial charge on any atom is 0.410 e. The van der Waals surface area contributed by atoms with Crippen LogP contribution in [-0.2, 0) is 22.4 Å². The molecule has 3 rings (SSSR count). The Hall–Kier alpha value is -2.83. The third kappa shape index (κ3) is 4.50. The average molecular weight is 413 g/mol. The second-order valence-corrected chi connectivity index (χ2v) is 8.87. The monoisotopic (exact) mass is 412 g/mol. The molecule has 7 nitrogen and oxygen atoms in total. The minimum Gasteiger partial charge on any atom is -0.444 e. The average Bonchev–Trinajstić information content (AvgIpc) is 3.29. The number of likely N-dealkylation sites (N-methyl/N-ethyl adjacent to an activating group) is 1. The Balaban J connectivity index is 1.88. The molecule has 2 heterocycles. The van der Waals surface area contributed by atoms with Crippen LogP contribution in [0.1, 0.15) is 64.2 Å². The molecule has 1 aromatic heterocycles. The predicted octanol–water partition coefficient (Wildman–Crippen LogP) is 4.25. The summed E-state index contributed by atoms with van der Waals surface area (Å²) in [6, 6.07) is 6.98. The zero-order chi connectivity index (χ0) is 22.1. The van der Waals surface area contributed by atoms with Gasteiger partial charge < -0.3 is 9.72 Å². The van der Waals surface area contributed by atoms with Crippen LogP contribution in [-0.4, -0.2) is 45.6 Å². The van der Waals surface area contributed by atoms with Crippen molar-refractivity contribution in [1.82, 2.24) is 14.9 Å². The molecule has 2 amide bonds. The van der Waals surface area contributed by atoms with Gasteiger partial charge in [0.1, 0.15) is 17.5 Å². The molecule has 1 aromatic carbocycles. The summed E-state index contributed by atoms with van der Waals surface area (Å²) in [6.07, 6.45) is 3.95. The highest BCUT2D eigenvalue weighted by atomic mass is 16.6. The number of aromatic amines is 1. The Morgan fingerprint density at radius 3 is 2.70 bits per heavy atom. The van der Waals surface area contributed by atoms with Crippen molar-refractivity contribution < 1.29 is 14.3 Å². The lowest BCUT2D eigenvalue weighted by atomic mass is 10.1. The van der Waals surface area contributed by atoms with Gasteiger partial charge in [0.05, 0.1) is 6.04 Å². The molecule has 2 aromatic rings. The molecule has 30 heavy (non-hydrogen) atoms. The highest BCUT2D eigenvalue weighted by Crippen LogP contribution is 2.40. The SMILES string of the molecule is CCCc1cnc([C@@H]2Cc3ccccc3N2C(=O)[C@@H](C)N(C)C(=O)OC(C)(C)C)[nH]1. The van der Waals surface area contributed by atoms with Gasteiger partial charge in [0, 0.05) is 31.0 Å². The predicted molar refractivity (Wildman–Crippen MR) is 116 cm³/mol. The number of aromatic nitrogens is 2. The van der Waals surface area contributed by atoms with Crippen molar-refractivity contribution in [3.8, 4) is 0 Å². The molecule has 1 aliphatic heterocycles. The molecule has 0 saturated carbocycles. The normalized spacial score (nSPS) is 16.9. The third-order valence-corrected chi connectivity index (χ3v) is 5.32. The number of hydrogen-bond acceptors (Lipinski definition) is 4. The molecule has 1 N–H and O–H groups in total. The van der Waals surface area contributed by atoms with Gasteiger partial charge in [0.25, 0.3) is 0 Å². The van der Waals surface area contributed by atoms with Crippen LogP contribution in [0.2, 0.25) is 0 Å². The highest BCUT2D eigenvalue weighted by molar-refractivity contribution is 6.00. The molecule has 0 saturated heterocycles. The number of carbonyl (C=O) groups is 2. The van der Waals surface area contributed by atoms with Crippen LogP contribution in [0.5, 0.6) is 0 Å². The number of carbonyl (C=O) groups excluding carboxylic acids is 2. The van der Waals surface area contributed by atoms with E-state index in [9.17, 15) is 9.59 Å². The minimum absolute atomic E-state index is 0.160. The maximum absolute atomic E-state index is 13.6. The topological polar surface area (TPSA) is 78.5 Å². The number of amides is 2. The van der Waals surface area contributed by atoms with Gasteiger partial charge in [-0.25, -0.2) is 9.78 Å². The lowest BCUT2D eigenvalue weighted by Crippen LogP contribution is -2.49. The summed E-state index contributed by atoms with van der Waals surface area (Å²) in [4.78, 5) is 37.2. The molecule has 0 fully saturated rings. The second kappa shape index (κ2) is 8.50. The Morgan fingerprint density at radius 2 is 2.03 bits per heavy atom. The van der Waals surface area contributed by atoms with Gasteiger partial charge in [-0.1, -0.05) is 31.5 Å². The minimum atomic E-state index is -0.682. The Kier molecular flexibility index (Phi) is 6.19. The zero-order valence-corrected chi connectivity index (χ0v) is 18.7. The standard InChI is InChI=1S/C23H32N4O3/c1-7-10-17-14-24-20(25-17)19-13-16-11-8-9-12-18(16)27(19)21(28)15(2)26(6)22(29)30-23(3,4)5/h8-9,11-12,14-15,19H,7,10,13H2,1-6H3,(H,24,25)/t15-,19+/m1/s1. The molecule has 0 bridgehead atoms. The lowest BCUT2D eigenvalue weighted by molar-refractivity contribution is -0.123. The van der Waals surface area contributed by atoms with Gasteiger partial charge in [0.2, 0.25) is 5.91 Å². The van der Waals surface area contributed by atoms with Gasteiger partial charge in [-0.3, -0.25) is 14.6 Å². The number of anilines is 1. The largest absolute Gasteiger partial charge is 0.444 e. The van der Waals surface area contributed by atoms with Crippen molar-refractivity contribution in [3.05, 3.63) is 47.5 Å². The molecule has 2 atom stereocenters. The van der Waals surface area contributed by atoms with E-state index in [2.05, 4.69) is 16.9 Å². The number of aryl methyl sites for hydroxylation is 1. The number of fused-ring (bicyclic) bond motifs is 1. The fourth-order valence-corrected chi connectivity index (χ4v) is 3.68. The van der Waals surface area contributed by atoms with E-state index in [1.807, 2.05) is 51.2 Å². The lowest BCUT2D eigenvalue weighted by Gasteiger charge is -2.32. The van der Waals surface area contributed by atoms with Crippen molar-refractivity contribution in [2.24, 2.45) is 0 Å². The van der Waals surface area contributed by atoms with Crippen molar-refractivity contribution >= 4 is 17.7 Å². The first-order valence-electron chi connectivity index (χ1n) is 10.5. The van der Waals surface area contributed by atoms with E-state index in [0.717, 1.165) is 35.6 Å². The zero-order valence-electron chi connectivity index (χ0n) is 18.7. The number of benzene rings is 1.